The van der Waals surface area contributed by atoms with E-state index >= 15 is 0 Å². The lowest BCUT2D eigenvalue weighted by molar-refractivity contribution is 0.101. The number of pyridine rings is 1. The molecule has 9 heteroatoms. The Morgan fingerprint density at radius 1 is 1.15 bits per heavy atom. The Labute approximate surface area is 193 Å². The first-order valence-electron chi connectivity index (χ1n) is 10.3. The van der Waals surface area contributed by atoms with E-state index in [1.54, 1.807) is 31.3 Å². The minimum absolute atomic E-state index is 0.125. The van der Waals surface area contributed by atoms with Crippen LogP contribution in [0.25, 0.3) is 0 Å². The van der Waals surface area contributed by atoms with Crippen LogP contribution in [0.3, 0.4) is 0 Å². The summed E-state index contributed by atoms with van der Waals surface area (Å²) in [6.07, 6.45) is 1.10. The average Bonchev–Trinajstić information content (AvgIpc) is 3.21. The van der Waals surface area contributed by atoms with Crippen LogP contribution < -0.4 is 10.6 Å². The van der Waals surface area contributed by atoms with Gasteiger partial charge < -0.3 is 15.4 Å². The van der Waals surface area contributed by atoms with Gasteiger partial charge in [-0.25, -0.2) is 13.6 Å². The fraction of sp³-hybridized carbons (Fsp3) is 0.208. The number of ether oxygens (including phenoxy) is 1. The van der Waals surface area contributed by atoms with Crippen molar-refractivity contribution < 1.29 is 23.1 Å². The van der Waals surface area contributed by atoms with Gasteiger partial charge in [-0.05, 0) is 67.8 Å². The van der Waals surface area contributed by atoms with E-state index in [0.29, 0.717) is 29.8 Å². The van der Waals surface area contributed by atoms with E-state index in [1.807, 2.05) is 0 Å². The third-order valence-corrected chi connectivity index (χ3v) is 5.73. The number of nitrogens with zero attached hydrogens (tertiary/aromatic N) is 1. The van der Waals surface area contributed by atoms with Crippen molar-refractivity contribution in [3.05, 3.63) is 93.8 Å². The molecule has 1 aliphatic rings. The molecule has 170 valence electrons. The summed E-state index contributed by atoms with van der Waals surface area (Å²) in [7, 11) is 0. The molecule has 2 N–H and O–H groups in total. The highest BCUT2D eigenvalue weighted by atomic mass is 35.5. The first-order valence-corrected chi connectivity index (χ1v) is 10.7. The molecule has 1 heterocycles. The molecule has 1 aliphatic carbocycles. The topological polar surface area (TPSA) is 80.3 Å². The number of carbonyl (C=O) groups is 2. The van der Waals surface area contributed by atoms with Gasteiger partial charge in [0.05, 0.1) is 16.8 Å². The Morgan fingerprint density at radius 2 is 1.94 bits per heavy atom. The van der Waals surface area contributed by atoms with Crippen LogP contribution in [-0.4, -0.2) is 17.0 Å². The monoisotopic (exact) mass is 471 g/mol. The van der Waals surface area contributed by atoms with Gasteiger partial charge in [-0.2, -0.15) is 0 Å². The number of benzene rings is 2. The molecule has 0 radical (unpaired) electrons. The van der Waals surface area contributed by atoms with Gasteiger partial charge in [-0.1, -0.05) is 17.7 Å². The summed E-state index contributed by atoms with van der Waals surface area (Å²) in [4.78, 5) is 29.4. The fourth-order valence-electron chi connectivity index (χ4n) is 3.86. The molecule has 0 unspecified atom stereocenters. The van der Waals surface area contributed by atoms with Gasteiger partial charge in [-0.15, -0.1) is 0 Å². The molecule has 4 rings (SSSR count). The summed E-state index contributed by atoms with van der Waals surface area (Å²) in [5.74, 6) is -1.61. The molecule has 0 saturated carbocycles. The van der Waals surface area contributed by atoms with Crippen LogP contribution in [0.15, 0.2) is 54.7 Å². The SMILES string of the molecule is C[C@H](OC(=O)N[C@H]1CCc2c(C(=O)Nc3ccc(F)c(Cl)c3)ccc(F)c21)c1ccccn1. The average molecular weight is 472 g/mol. The lowest BCUT2D eigenvalue weighted by Gasteiger charge is -2.18. The smallest absolute Gasteiger partial charge is 0.408 e. The van der Waals surface area contributed by atoms with E-state index in [9.17, 15) is 18.4 Å². The normalized spacial score (nSPS) is 15.5. The second-order valence-electron chi connectivity index (χ2n) is 7.61. The van der Waals surface area contributed by atoms with Crippen LogP contribution in [0.4, 0.5) is 19.3 Å². The second-order valence-corrected chi connectivity index (χ2v) is 8.02. The molecule has 0 aliphatic heterocycles. The van der Waals surface area contributed by atoms with Gasteiger partial charge in [-0.3, -0.25) is 9.78 Å². The Hall–Kier alpha value is -3.52. The molecule has 0 bridgehead atoms. The standard InChI is InChI=1S/C24H20ClF2N3O3/c1-13(20-4-2-3-11-28-20)33-24(32)30-21-10-7-15-16(6-9-19(27)22(15)21)23(31)29-14-5-8-18(26)17(25)12-14/h2-6,8-9,11-13,21H,7,10H2,1H3,(H,29,31)(H,30,32)/t13-,21-/m0/s1. The summed E-state index contributed by atoms with van der Waals surface area (Å²) in [5.41, 5.74) is 1.92. The quantitative estimate of drug-likeness (QED) is 0.497. The summed E-state index contributed by atoms with van der Waals surface area (Å²) in [5, 5.41) is 5.21. The number of hydrogen-bond donors (Lipinski definition) is 2. The van der Waals surface area contributed by atoms with Crippen LogP contribution in [0.2, 0.25) is 5.02 Å². The van der Waals surface area contributed by atoms with E-state index in [2.05, 4.69) is 15.6 Å². The van der Waals surface area contributed by atoms with E-state index in [-0.39, 0.29) is 16.1 Å². The number of anilines is 1. The zero-order valence-electron chi connectivity index (χ0n) is 17.6. The molecule has 3 aromatic rings. The number of hydrogen-bond acceptors (Lipinski definition) is 4. The minimum atomic E-state index is -0.707. The van der Waals surface area contributed by atoms with Crippen molar-refractivity contribution in [2.45, 2.75) is 31.9 Å². The summed E-state index contributed by atoms with van der Waals surface area (Å²) in [6, 6.07) is 11.0. The molecule has 6 nitrogen and oxygen atoms in total. The maximum Gasteiger partial charge on any atom is 0.408 e. The molecule has 2 aromatic carbocycles. The molecular weight excluding hydrogens is 452 g/mol. The number of carbonyl (C=O) groups excluding carboxylic acids is 2. The highest BCUT2D eigenvalue weighted by Gasteiger charge is 2.32. The van der Waals surface area contributed by atoms with Crippen LogP contribution in [0.1, 0.15) is 52.7 Å². The number of fused-ring (bicyclic) bond motifs is 1. The second kappa shape index (κ2) is 9.54. The van der Waals surface area contributed by atoms with Crippen molar-refractivity contribution >= 4 is 29.3 Å². The third-order valence-electron chi connectivity index (χ3n) is 5.44. The molecule has 1 aromatic heterocycles. The Kier molecular flexibility index (Phi) is 6.55. The first kappa shape index (κ1) is 22.7. The predicted molar refractivity (Wildman–Crippen MR) is 119 cm³/mol. The van der Waals surface area contributed by atoms with E-state index in [0.717, 1.165) is 6.07 Å². The minimum Gasteiger partial charge on any atom is -0.440 e. The molecule has 2 amide bonds. The number of aromatic nitrogens is 1. The van der Waals surface area contributed by atoms with Crippen molar-refractivity contribution in [3.8, 4) is 0 Å². The zero-order chi connectivity index (χ0) is 23.5. The van der Waals surface area contributed by atoms with Crippen molar-refractivity contribution in [2.24, 2.45) is 0 Å². The third kappa shape index (κ3) is 4.96. The summed E-state index contributed by atoms with van der Waals surface area (Å²) < 4.78 is 33.4. The lowest BCUT2D eigenvalue weighted by atomic mass is 10.0. The van der Waals surface area contributed by atoms with Gasteiger partial charge >= 0.3 is 6.09 Å². The largest absolute Gasteiger partial charge is 0.440 e. The Morgan fingerprint density at radius 3 is 2.67 bits per heavy atom. The molecule has 2 atom stereocenters. The first-order chi connectivity index (χ1) is 15.8. The van der Waals surface area contributed by atoms with E-state index < -0.39 is 35.8 Å². The van der Waals surface area contributed by atoms with Crippen LogP contribution >= 0.6 is 11.6 Å². The predicted octanol–water partition coefficient (Wildman–Crippen LogP) is 5.74. The molecule has 0 saturated heterocycles. The van der Waals surface area contributed by atoms with Crippen molar-refractivity contribution in [1.82, 2.24) is 10.3 Å². The number of amides is 2. The summed E-state index contributed by atoms with van der Waals surface area (Å²) in [6.45, 7) is 1.69. The highest BCUT2D eigenvalue weighted by Crippen LogP contribution is 2.36. The highest BCUT2D eigenvalue weighted by molar-refractivity contribution is 6.31. The van der Waals surface area contributed by atoms with Crippen LogP contribution in [-0.2, 0) is 11.2 Å². The van der Waals surface area contributed by atoms with Gasteiger partial charge in [0.25, 0.3) is 5.91 Å². The van der Waals surface area contributed by atoms with Crippen molar-refractivity contribution in [3.63, 3.8) is 0 Å². The number of halogens is 3. The fourth-order valence-corrected chi connectivity index (χ4v) is 4.04. The molecule has 0 fully saturated rings. The van der Waals surface area contributed by atoms with Crippen molar-refractivity contribution in [1.29, 1.82) is 0 Å². The van der Waals surface area contributed by atoms with Gasteiger partial charge in [0.1, 0.15) is 17.7 Å². The van der Waals surface area contributed by atoms with E-state index in [1.165, 1.54) is 24.3 Å². The van der Waals surface area contributed by atoms with Gasteiger partial charge in [0.2, 0.25) is 0 Å². The number of alkyl carbamates (subject to hydrolysis) is 1. The Bertz CT molecular complexity index is 1210. The van der Waals surface area contributed by atoms with Crippen LogP contribution in [0.5, 0.6) is 0 Å². The Balaban J connectivity index is 1.49. The maximum atomic E-state index is 14.7. The molecule has 33 heavy (non-hydrogen) atoms. The van der Waals surface area contributed by atoms with Gasteiger partial charge in [0.15, 0.2) is 0 Å². The van der Waals surface area contributed by atoms with Gasteiger partial charge in [0, 0.05) is 23.0 Å². The number of rotatable bonds is 5. The van der Waals surface area contributed by atoms with Crippen LogP contribution in [0, 0.1) is 11.6 Å². The molecular formula is C24H20ClF2N3O3. The zero-order valence-corrected chi connectivity index (χ0v) is 18.3. The maximum absolute atomic E-state index is 14.7. The van der Waals surface area contributed by atoms with Crippen molar-refractivity contribution in [2.75, 3.05) is 5.32 Å². The van der Waals surface area contributed by atoms with E-state index in [4.69, 9.17) is 16.3 Å². The summed E-state index contributed by atoms with van der Waals surface area (Å²) >= 11 is 5.77. The number of nitrogens with one attached hydrogen (secondary N) is 2. The lowest BCUT2D eigenvalue weighted by Crippen LogP contribution is -2.29. The molecule has 0 spiro atoms.